The van der Waals surface area contributed by atoms with E-state index >= 15 is 0 Å². The van der Waals surface area contributed by atoms with Crippen molar-refractivity contribution in [2.24, 2.45) is 0 Å². The zero-order chi connectivity index (χ0) is 23.7. The van der Waals surface area contributed by atoms with Gasteiger partial charge in [0.2, 0.25) is 0 Å². The van der Waals surface area contributed by atoms with Crippen LogP contribution in [0.3, 0.4) is 0 Å². The molecule has 2 heterocycles. The summed E-state index contributed by atoms with van der Waals surface area (Å²) in [6.45, 7) is 1.40. The van der Waals surface area contributed by atoms with Gasteiger partial charge in [-0.15, -0.1) is 5.10 Å². The van der Waals surface area contributed by atoms with Crippen LogP contribution in [0.2, 0.25) is 0 Å². The summed E-state index contributed by atoms with van der Waals surface area (Å²) in [4.78, 5) is 23.7. The largest absolute Gasteiger partial charge is 0.465 e. The van der Waals surface area contributed by atoms with Crippen molar-refractivity contribution in [3.05, 3.63) is 59.4 Å². The SMILES string of the molecule is COC(=O)/C(=C/n1nc(-c2cc(C(F)(F)F)cc(C(F)(F)F)c2)nc1C)c1cncnc1. The summed E-state index contributed by atoms with van der Waals surface area (Å²) in [5.41, 5.74) is -3.31. The van der Waals surface area contributed by atoms with Crippen LogP contribution >= 0.6 is 0 Å². The van der Waals surface area contributed by atoms with E-state index in [0.717, 1.165) is 18.0 Å². The lowest BCUT2D eigenvalue weighted by atomic mass is 10.0. The van der Waals surface area contributed by atoms with E-state index < -0.39 is 40.8 Å². The number of rotatable bonds is 4. The van der Waals surface area contributed by atoms with Crippen molar-refractivity contribution in [3.63, 3.8) is 0 Å². The van der Waals surface area contributed by atoms with Crippen LogP contribution < -0.4 is 0 Å². The van der Waals surface area contributed by atoms with Crippen LogP contribution in [0.4, 0.5) is 26.3 Å². The average Bonchev–Trinajstić information content (AvgIpc) is 3.11. The monoisotopic (exact) mass is 457 g/mol. The Morgan fingerprint density at radius 1 is 1.00 bits per heavy atom. The van der Waals surface area contributed by atoms with Crippen LogP contribution in [0.5, 0.6) is 0 Å². The number of carbonyl (C=O) groups excluding carboxylic acids is 1. The number of aryl methyl sites for hydroxylation is 1. The lowest BCUT2D eigenvalue weighted by Gasteiger charge is -2.13. The summed E-state index contributed by atoms with van der Waals surface area (Å²) in [5, 5.41) is 3.95. The molecule has 7 nitrogen and oxygen atoms in total. The highest BCUT2D eigenvalue weighted by Crippen LogP contribution is 2.38. The Hall–Kier alpha value is -3.77. The van der Waals surface area contributed by atoms with E-state index in [1.807, 2.05) is 0 Å². The van der Waals surface area contributed by atoms with Gasteiger partial charge >= 0.3 is 18.3 Å². The lowest BCUT2D eigenvalue weighted by Crippen LogP contribution is -2.11. The van der Waals surface area contributed by atoms with Crippen LogP contribution in [0.25, 0.3) is 23.2 Å². The van der Waals surface area contributed by atoms with Gasteiger partial charge in [0.25, 0.3) is 0 Å². The van der Waals surface area contributed by atoms with Gasteiger partial charge in [0, 0.05) is 29.7 Å². The summed E-state index contributed by atoms with van der Waals surface area (Å²) >= 11 is 0. The topological polar surface area (TPSA) is 82.8 Å². The minimum atomic E-state index is -5.01. The molecule has 3 aromatic rings. The molecule has 0 fully saturated rings. The molecule has 0 unspecified atom stereocenters. The number of nitrogens with zero attached hydrogens (tertiary/aromatic N) is 5. The predicted octanol–water partition coefficient (Wildman–Crippen LogP) is 4.25. The molecule has 0 amide bonds. The van der Waals surface area contributed by atoms with Crippen LogP contribution in [0.1, 0.15) is 22.5 Å². The fourth-order valence-corrected chi connectivity index (χ4v) is 2.65. The number of hydrogen-bond acceptors (Lipinski definition) is 6. The maximum Gasteiger partial charge on any atom is 0.416 e. The second-order valence-electron chi connectivity index (χ2n) is 6.38. The Labute approximate surface area is 176 Å². The first-order valence-corrected chi connectivity index (χ1v) is 8.68. The summed E-state index contributed by atoms with van der Waals surface area (Å²) < 4.78 is 84.6. The molecule has 0 aliphatic carbocycles. The normalized spacial score (nSPS) is 12.7. The molecule has 0 aliphatic rings. The van der Waals surface area contributed by atoms with Crippen molar-refractivity contribution in [3.8, 4) is 11.4 Å². The molecule has 0 aliphatic heterocycles. The number of esters is 1. The molecule has 0 bridgehead atoms. The smallest absolute Gasteiger partial charge is 0.416 e. The molecule has 0 radical (unpaired) electrons. The predicted molar refractivity (Wildman–Crippen MR) is 98.4 cm³/mol. The molecule has 0 saturated heterocycles. The van der Waals surface area contributed by atoms with Gasteiger partial charge in [-0.1, -0.05) is 0 Å². The fourth-order valence-electron chi connectivity index (χ4n) is 2.65. The van der Waals surface area contributed by atoms with Gasteiger partial charge in [0.05, 0.1) is 23.8 Å². The van der Waals surface area contributed by atoms with Gasteiger partial charge in [-0.2, -0.15) is 26.3 Å². The molecular formula is C19H13F6N5O2. The molecule has 0 atom stereocenters. The first kappa shape index (κ1) is 22.9. The Morgan fingerprint density at radius 3 is 2.06 bits per heavy atom. The van der Waals surface area contributed by atoms with Crippen molar-refractivity contribution in [1.29, 1.82) is 0 Å². The second kappa shape index (κ2) is 8.40. The number of ether oxygens (including phenoxy) is 1. The van der Waals surface area contributed by atoms with Crippen molar-refractivity contribution < 1.29 is 35.9 Å². The average molecular weight is 457 g/mol. The minimum Gasteiger partial charge on any atom is -0.465 e. The van der Waals surface area contributed by atoms with Crippen molar-refractivity contribution in [2.75, 3.05) is 7.11 Å². The quantitative estimate of drug-likeness (QED) is 0.331. The summed E-state index contributed by atoms with van der Waals surface area (Å²) in [7, 11) is 1.13. The highest BCUT2D eigenvalue weighted by atomic mass is 19.4. The Kier molecular flexibility index (Phi) is 6.01. The Balaban J connectivity index is 2.14. The maximum absolute atomic E-state index is 13.1. The number of alkyl halides is 6. The van der Waals surface area contributed by atoms with E-state index in [4.69, 9.17) is 4.74 Å². The highest BCUT2D eigenvalue weighted by Gasteiger charge is 2.37. The number of benzene rings is 1. The molecule has 0 N–H and O–H groups in total. The molecule has 3 rings (SSSR count). The van der Waals surface area contributed by atoms with Gasteiger partial charge in [-0.3, -0.25) is 0 Å². The molecule has 0 spiro atoms. The van der Waals surface area contributed by atoms with Crippen LogP contribution in [-0.2, 0) is 21.9 Å². The van der Waals surface area contributed by atoms with Crippen LogP contribution in [-0.4, -0.2) is 37.8 Å². The van der Waals surface area contributed by atoms with Crippen LogP contribution in [0.15, 0.2) is 36.9 Å². The zero-order valence-electron chi connectivity index (χ0n) is 16.4. The Bertz CT molecular complexity index is 1140. The van der Waals surface area contributed by atoms with Gasteiger partial charge < -0.3 is 4.74 Å². The fraction of sp³-hybridized carbons (Fsp3) is 0.211. The molecule has 1 aromatic carbocycles. The van der Waals surface area contributed by atoms with Gasteiger partial charge in [0.15, 0.2) is 5.82 Å². The standard InChI is InChI=1S/C19H13F6N5O2/c1-10-28-16(11-3-13(18(20,21)22)5-14(4-11)19(23,24)25)29-30(10)8-15(17(31)32-2)12-6-26-9-27-7-12/h3-9H,1-2H3/b15-8+. The van der Waals surface area contributed by atoms with Crippen molar-refractivity contribution in [2.45, 2.75) is 19.3 Å². The second-order valence-corrected chi connectivity index (χ2v) is 6.38. The van der Waals surface area contributed by atoms with Gasteiger partial charge in [-0.05, 0) is 25.1 Å². The van der Waals surface area contributed by atoms with Crippen LogP contribution in [0, 0.1) is 6.92 Å². The number of carbonyl (C=O) groups is 1. The maximum atomic E-state index is 13.1. The minimum absolute atomic E-state index is 0.0119. The lowest BCUT2D eigenvalue weighted by molar-refractivity contribution is -0.143. The highest BCUT2D eigenvalue weighted by molar-refractivity contribution is 6.20. The van der Waals surface area contributed by atoms with E-state index in [1.54, 1.807) is 0 Å². The zero-order valence-corrected chi connectivity index (χ0v) is 16.4. The number of methoxy groups -OCH3 is 1. The first-order valence-electron chi connectivity index (χ1n) is 8.68. The third-order valence-electron chi connectivity index (χ3n) is 4.18. The number of halogens is 6. The van der Waals surface area contributed by atoms with Crippen molar-refractivity contribution >= 4 is 17.7 Å². The number of hydrogen-bond donors (Lipinski definition) is 0. The summed E-state index contributed by atoms with van der Waals surface area (Å²) in [6.07, 6.45) is -5.02. The van der Waals surface area contributed by atoms with E-state index in [-0.39, 0.29) is 23.0 Å². The van der Waals surface area contributed by atoms with Crippen molar-refractivity contribution in [1.82, 2.24) is 24.7 Å². The molecule has 13 heteroatoms. The van der Waals surface area contributed by atoms with E-state index in [1.165, 1.54) is 25.6 Å². The third-order valence-corrected chi connectivity index (χ3v) is 4.18. The first-order chi connectivity index (χ1) is 14.9. The Morgan fingerprint density at radius 2 is 1.56 bits per heavy atom. The molecule has 2 aromatic heterocycles. The van der Waals surface area contributed by atoms with E-state index in [0.29, 0.717) is 12.1 Å². The molecule has 0 saturated carbocycles. The molecule has 168 valence electrons. The third kappa shape index (κ3) is 4.92. The molecular weight excluding hydrogens is 444 g/mol. The van der Waals surface area contributed by atoms with Gasteiger partial charge in [0.1, 0.15) is 12.2 Å². The van der Waals surface area contributed by atoms with E-state index in [9.17, 15) is 31.1 Å². The number of aromatic nitrogens is 5. The molecule has 32 heavy (non-hydrogen) atoms. The summed E-state index contributed by atoms with van der Waals surface area (Å²) in [5.74, 6) is -1.11. The van der Waals surface area contributed by atoms with Gasteiger partial charge in [-0.25, -0.2) is 24.4 Å². The van der Waals surface area contributed by atoms with E-state index in [2.05, 4.69) is 20.1 Å². The summed E-state index contributed by atoms with van der Waals surface area (Å²) in [6, 6.07) is 1.05.